The molecule has 0 aromatic heterocycles. The summed E-state index contributed by atoms with van der Waals surface area (Å²) in [6.45, 7) is 8.12. The number of methoxy groups -OCH3 is 1. The molecule has 0 radical (unpaired) electrons. The Labute approximate surface area is 121 Å². The van der Waals surface area contributed by atoms with E-state index in [9.17, 15) is 9.50 Å². The molecule has 1 rings (SSSR count). The molecule has 0 heterocycles. The molecule has 0 aliphatic rings. The van der Waals surface area contributed by atoms with Crippen LogP contribution in [-0.2, 0) is 0 Å². The van der Waals surface area contributed by atoms with Crippen molar-refractivity contribution in [2.24, 2.45) is 0 Å². The molecule has 20 heavy (non-hydrogen) atoms. The van der Waals surface area contributed by atoms with Crippen LogP contribution in [0.15, 0.2) is 18.2 Å². The molecule has 0 amide bonds. The second-order valence-corrected chi connectivity index (χ2v) is 5.29. The van der Waals surface area contributed by atoms with Crippen molar-refractivity contribution in [3.05, 3.63) is 29.6 Å². The minimum atomic E-state index is -0.843. The van der Waals surface area contributed by atoms with Crippen LogP contribution in [-0.4, -0.2) is 36.2 Å². The average Bonchev–Trinajstić information content (AvgIpc) is 2.42. The first-order valence-electron chi connectivity index (χ1n) is 7.25. The Balaban J connectivity index is 2.73. The van der Waals surface area contributed by atoms with Crippen molar-refractivity contribution in [1.29, 1.82) is 0 Å². The smallest absolute Gasteiger partial charge is 0.132 e. The molecular formula is C16H26FNO2. The van der Waals surface area contributed by atoms with Gasteiger partial charge in [-0.2, -0.15) is 0 Å². The van der Waals surface area contributed by atoms with Gasteiger partial charge in [-0.25, -0.2) is 4.39 Å². The highest BCUT2D eigenvalue weighted by Crippen LogP contribution is 2.29. The second-order valence-electron chi connectivity index (χ2n) is 5.29. The van der Waals surface area contributed by atoms with E-state index in [-0.39, 0.29) is 5.56 Å². The molecule has 4 heteroatoms. The maximum Gasteiger partial charge on any atom is 0.132 e. The van der Waals surface area contributed by atoms with Crippen LogP contribution in [0.5, 0.6) is 5.75 Å². The van der Waals surface area contributed by atoms with Gasteiger partial charge in [0.25, 0.3) is 0 Å². The zero-order chi connectivity index (χ0) is 15.1. The van der Waals surface area contributed by atoms with E-state index in [0.717, 1.165) is 19.5 Å². The van der Waals surface area contributed by atoms with Crippen molar-refractivity contribution < 1.29 is 14.2 Å². The predicted octanol–water partition coefficient (Wildman–Crippen LogP) is 3.38. The molecule has 0 aliphatic heterocycles. The lowest BCUT2D eigenvalue weighted by atomic mass is 10.0. The monoisotopic (exact) mass is 283 g/mol. The zero-order valence-electron chi connectivity index (χ0n) is 12.9. The number of rotatable bonds is 8. The van der Waals surface area contributed by atoms with Crippen LogP contribution in [0, 0.1) is 5.82 Å². The number of nitrogens with zero attached hydrogens (tertiary/aromatic N) is 1. The van der Waals surface area contributed by atoms with Gasteiger partial charge in [-0.05, 0) is 45.4 Å². The number of hydrogen-bond donors (Lipinski definition) is 1. The van der Waals surface area contributed by atoms with Gasteiger partial charge in [0, 0.05) is 12.6 Å². The molecule has 0 saturated heterocycles. The van der Waals surface area contributed by atoms with Crippen LogP contribution in [0.3, 0.4) is 0 Å². The van der Waals surface area contributed by atoms with Gasteiger partial charge in [0.1, 0.15) is 11.6 Å². The lowest BCUT2D eigenvalue weighted by Crippen LogP contribution is -2.33. The van der Waals surface area contributed by atoms with Gasteiger partial charge in [-0.1, -0.05) is 13.0 Å². The Morgan fingerprint density at radius 2 is 2.00 bits per heavy atom. The number of hydrogen-bond acceptors (Lipinski definition) is 3. The highest BCUT2D eigenvalue weighted by atomic mass is 19.1. The van der Waals surface area contributed by atoms with Gasteiger partial charge in [0.15, 0.2) is 0 Å². The van der Waals surface area contributed by atoms with E-state index in [4.69, 9.17) is 4.74 Å². The fourth-order valence-corrected chi connectivity index (χ4v) is 2.37. The van der Waals surface area contributed by atoms with E-state index < -0.39 is 11.9 Å². The van der Waals surface area contributed by atoms with Gasteiger partial charge in [-0.15, -0.1) is 0 Å². The average molecular weight is 283 g/mol. The third kappa shape index (κ3) is 4.46. The summed E-state index contributed by atoms with van der Waals surface area (Å²) in [6, 6.07) is 5.04. The Hall–Kier alpha value is -1.13. The molecule has 3 nitrogen and oxygen atoms in total. The summed E-state index contributed by atoms with van der Waals surface area (Å²) in [4.78, 5) is 2.29. The molecular weight excluding hydrogens is 257 g/mol. The first-order valence-corrected chi connectivity index (χ1v) is 7.25. The summed E-state index contributed by atoms with van der Waals surface area (Å²) in [5, 5.41) is 10.3. The van der Waals surface area contributed by atoms with Gasteiger partial charge < -0.3 is 14.7 Å². The van der Waals surface area contributed by atoms with Gasteiger partial charge in [-0.3, -0.25) is 0 Å². The third-order valence-electron chi connectivity index (χ3n) is 3.50. The lowest BCUT2D eigenvalue weighted by molar-refractivity contribution is 0.124. The Morgan fingerprint density at radius 1 is 1.30 bits per heavy atom. The maximum absolute atomic E-state index is 13.9. The zero-order valence-corrected chi connectivity index (χ0v) is 12.9. The predicted molar refractivity (Wildman–Crippen MR) is 79.5 cm³/mol. The standard InChI is InChI=1S/C16H26FNO2/c1-5-10-18(12(2)3)11-9-14(19)16-13(17)7-6-8-15(16)20-4/h6-8,12,14,19H,5,9-11H2,1-4H3. The SMILES string of the molecule is CCCN(CCC(O)c1c(F)cccc1OC)C(C)C. The van der Waals surface area contributed by atoms with E-state index in [2.05, 4.69) is 25.7 Å². The minimum absolute atomic E-state index is 0.259. The highest BCUT2D eigenvalue weighted by molar-refractivity contribution is 5.36. The Morgan fingerprint density at radius 3 is 2.55 bits per heavy atom. The van der Waals surface area contributed by atoms with Crippen LogP contribution < -0.4 is 4.74 Å². The first-order chi connectivity index (χ1) is 9.51. The lowest BCUT2D eigenvalue weighted by Gasteiger charge is -2.27. The number of ether oxygens (including phenoxy) is 1. The summed E-state index contributed by atoms with van der Waals surface area (Å²) in [5.41, 5.74) is 0.259. The third-order valence-corrected chi connectivity index (χ3v) is 3.50. The molecule has 1 atom stereocenters. The van der Waals surface area contributed by atoms with Crippen LogP contribution in [0.1, 0.15) is 45.3 Å². The number of benzene rings is 1. The van der Waals surface area contributed by atoms with Crippen molar-refractivity contribution in [2.75, 3.05) is 20.2 Å². The molecule has 114 valence electrons. The summed E-state index contributed by atoms with van der Waals surface area (Å²) < 4.78 is 19.0. The largest absolute Gasteiger partial charge is 0.496 e. The maximum atomic E-state index is 13.9. The van der Waals surface area contributed by atoms with Crippen LogP contribution in [0.25, 0.3) is 0 Å². The quantitative estimate of drug-likeness (QED) is 0.794. The molecule has 0 bridgehead atoms. The summed E-state index contributed by atoms with van der Waals surface area (Å²) in [6.07, 6.45) is 0.719. The molecule has 1 aromatic rings. The molecule has 1 unspecified atom stereocenters. The van der Waals surface area contributed by atoms with Crippen molar-refractivity contribution in [1.82, 2.24) is 4.90 Å². The minimum Gasteiger partial charge on any atom is -0.496 e. The molecule has 0 aliphatic carbocycles. The fourth-order valence-electron chi connectivity index (χ4n) is 2.37. The van der Waals surface area contributed by atoms with Crippen molar-refractivity contribution in [3.8, 4) is 5.75 Å². The fraction of sp³-hybridized carbons (Fsp3) is 0.625. The van der Waals surface area contributed by atoms with Gasteiger partial charge in [0.2, 0.25) is 0 Å². The Bertz CT molecular complexity index is 409. The van der Waals surface area contributed by atoms with E-state index in [0.29, 0.717) is 18.2 Å². The molecule has 1 aromatic carbocycles. The highest BCUT2D eigenvalue weighted by Gasteiger charge is 2.19. The van der Waals surface area contributed by atoms with E-state index in [1.807, 2.05) is 0 Å². The topological polar surface area (TPSA) is 32.7 Å². The van der Waals surface area contributed by atoms with Crippen molar-refractivity contribution in [3.63, 3.8) is 0 Å². The number of aliphatic hydroxyl groups is 1. The molecule has 1 N–H and O–H groups in total. The summed E-state index contributed by atoms with van der Waals surface area (Å²) in [7, 11) is 1.49. The summed E-state index contributed by atoms with van der Waals surface area (Å²) in [5.74, 6) is -0.00692. The molecule has 0 fully saturated rings. The second kappa shape index (κ2) is 8.22. The molecule has 0 saturated carbocycles. The Kier molecular flexibility index (Phi) is 6.96. The first kappa shape index (κ1) is 16.9. The number of halogens is 1. The van der Waals surface area contributed by atoms with Gasteiger partial charge in [0.05, 0.1) is 18.8 Å². The van der Waals surface area contributed by atoms with E-state index in [1.54, 1.807) is 12.1 Å². The van der Waals surface area contributed by atoms with E-state index in [1.165, 1.54) is 13.2 Å². The summed E-state index contributed by atoms with van der Waals surface area (Å²) >= 11 is 0. The van der Waals surface area contributed by atoms with Crippen LogP contribution in [0.2, 0.25) is 0 Å². The normalized spacial score (nSPS) is 13.0. The van der Waals surface area contributed by atoms with Crippen molar-refractivity contribution in [2.45, 2.75) is 45.8 Å². The number of aliphatic hydroxyl groups excluding tert-OH is 1. The van der Waals surface area contributed by atoms with Crippen LogP contribution in [0.4, 0.5) is 4.39 Å². The van der Waals surface area contributed by atoms with Crippen LogP contribution >= 0.6 is 0 Å². The van der Waals surface area contributed by atoms with Gasteiger partial charge >= 0.3 is 0 Å². The molecule has 0 spiro atoms. The van der Waals surface area contributed by atoms with Crippen molar-refractivity contribution >= 4 is 0 Å². The van der Waals surface area contributed by atoms with E-state index >= 15 is 0 Å².